The van der Waals surface area contributed by atoms with Crippen LogP contribution in [-0.2, 0) is 32.0 Å². The summed E-state index contributed by atoms with van der Waals surface area (Å²) in [7, 11) is 0. The topological polar surface area (TPSA) is 208 Å². The summed E-state index contributed by atoms with van der Waals surface area (Å²) in [5, 5.41) is 16.9. The van der Waals surface area contributed by atoms with Gasteiger partial charge >= 0.3 is 5.97 Å². The molecule has 4 unspecified atom stereocenters. The van der Waals surface area contributed by atoms with E-state index in [0.29, 0.717) is 11.4 Å². The number of hydrogen-bond acceptors (Lipinski definition) is 8. The first-order chi connectivity index (χ1) is 16.6. The largest absolute Gasteiger partial charge is 0.480 e. The highest BCUT2D eigenvalue weighted by Gasteiger charge is 2.31. The van der Waals surface area contributed by atoms with E-state index in [1.165, 1.54) is 18.9 Å². The van der Waals surface area contributed by atoms with Crippen LogP contribution in [0.1, 0.15) is 31.7 Å². The second-order valence-electron chi connectivity index (χ2n) is 8.50. The van der Waals surface area contributed by atoms with Gasteiger partial charge in [0.15, 0.2) is 0 Å². The predicted molar refractivity (Wildman–Crippen MR) is 129 cm³/mol. The number of thiol groups is 1. The molecule has 0 aliphatic carbocycles. The molecule has 0 aliphatic rings. The van der Waals surface area contributed by atoms with E-state index >= 15 is 0 Å². The minimum Gasteiger partial charge on any atom is -0.480 e. The van der Waals surface area contributed by atoms with Gasteiger partial charge < -0.3 is 36.8 Å². The van der Waals surface area contributed by atoms with E-state index in [1.54, 1.807) is 6.20 Å². The normalized spacial score (nSPS) is 14.5. The lowest BCUT2D eigenvalue weighted by molar-refractivity contribution is -0.141. The number of aliphatic carboxylic acids is 1. The second-order valence-corrected chi connectivity index (χ2v) is 8.87. The first-order valence-electron chi connectivity index (χ1n) is 11.1. The van der Waals surface area contributed by atoms with Crippen LogP contribution in [0.2, 0.25) is 0 Å². The first-order valence-corrected chi connectivity index (χ1v) is 11.7. The summed E-state index contributed by atoms with van der Waals surface area (Å²) in [6.07, 6.45) is 6.47. The van der Waals surface area contributed by atoms with Crippen LogP contribution < -0.4 is 21.7 Å². The van der Waals surface area contributed by atoms with Gasteiger partial charge in [-0.15, -0.1) is 0 Å². The highest BCUT2D eigenvalue weighted by Crippen LogP contribution is 2.08. The highest BCUT2D eigenvalue weighted by molar-refractivity contribution is 7.80. The van der Waals surface area contributed by atoms with Gasteiger partial charge in [-0.25, -0.2) is 14.8 Å². The van der Waals surface area contributed by atoms with Gasteiger partial charge in [-0.2, -0.15) is 12.6 Å². The van der Waals surface area contributed by atoms with Crippen LogP contribution >= 0.6 is 12.6 Å². The number of carboxylic acid groups (broad SMARTS) is 1. The molecule has 0 saturated heterocycles. The van der Waals surface area contributed by atoms with Gasteiger partial charge in [0.1, 0.15) is 18.1 Å². The molecule has 2 aromatic rings. The van der Waals surface area contributed by atoms with Crippen LogP contribution in [0, 0.1) is 5.92 Å². The number of carboxylic acids is 1. The quantitative estimate of drug-likeness (QED) is 0.144. The van der Waals surface area contributed by atoms with Gasteiger partial charge in [-0.3, -0.25) is 14.4 Å². The van der Waals surface area contributed by atoms with Crippen LogP contribution in [0.3, 0.4) is 0 Å². The lowest BCUT2D eigenvalue weighted by Gasteiger charge is -2.25. The van der Waals surface area contributed by atoms with Gasteiger partial charge in [-0.1, -0.05) is 13.8 Å². The first kappa shape index (κ1) is 27.9. The Morgan fingerprint density at radius 1 is 0.914 bits per heavy atom. The molecule has 0 saturated carbocycles. The van der Waals surface area contributed by atoms with Gasteiger partial charge in [0.25, 0.3) is 0 Å². The third-order valence-corrected chi connectivity index (χ3v) is 5.45. The molecule has 4 atom stereocenters. The highest BCUT2D eigenvalue weighted by atomic mass is 32.1. The molecule has 0 aromatic carbocycles. The molecule has 0 fully saturated rings. The molecule has 2 aromatic heterocycles. The number of nitrogens with one attached hydrogen (secondary N) is 5. The van der Waals surface area contributed by atoms with E-state index in [0.717, 1.165) is 0 Å². The molecule has 192 valence electrons. The molecule has 3 amide bonds. The van der Waals surface area contributed by atoms with Crippen molar-refractivity contribution < 1.29 is 24.3 Å². The molecule has 8 N–H and O–H groups in total. The van der Waals surface area contributed by atoms with Crippen molar-refractivity contribution in [1.29, 1.82) is 0 Å². The lowest BCUT2D eigenvalue weighted by Crippen LogP contribution is -2.58. The van der Waals surface area contributed by atoms with Crippen LogP contribution in [-0.4, -0.2) is 78.7 Å². The van der Waals surface area contributed by atoms with Crippen molar-refractivity contribution in [3.63, 3.8) is 0 Å². The zero-order valence-electron chi connectivity index (χ0n) is 19.5. The fraction of sp³-hybridized carbons (Fsp3) is 0.524. The maximum atomic E-state index is 13.2. The van der Waals surface area contributed by atoms with Crippen molar-refractivity contribution in [1.82, 2.24) is 35.9 Å². The summed E-state index contributed by atoms with van der Waals surface area (Å²) in [4.78, 5) is 63.6. The molecule has 2 heterocycles. The fourth-order valence-corrected chi connectivity index (χ4v) is 3.51. The predicted octanol–water partition coefficient (Wildman–Crippen LogP) is -1.24. The smallest absolute Gasteiger partial charge is 0.327 e. The van der Waals surface area contributed by atoms with Crippen LogP contribution in [0.25, 0.3) is 0 Å². The van der Waals surface area contributed by atoms with Gasteiger partial charge in [0.05, 0.1) is 18.7 Å². The Hall–Kier alpha value is -3.39. The summed E-state index contributed by atoms with van der Waals surface area (Å²) in [5.41, 5.74) is 7.25. The number of nitrogens with zero attached hydrogens (tertiary/aromatic N) is 2. The Morgan fingerprint density at radius 3 is 1.91 bits per heavy atom. The number of hydrogen-bond donors (Lipinski definition) is 8. The zero-order chi connectivity index (χ0) is 26.0. The number of H-pyrrole nitrogens is 2. The number of rotatable bonds is 14. The lowest BCUT2D eigenvalue weighted by atomic mass is 10.0. The molecule has 0 radical (unpaired) electrons. The maximum absolute atomic E-state index is 13.2. The number of carbonyl (C=O) groups is 4. The van der Waals surface area contributed by atoms with Crippen molar-refractivity contribution >= 4 is 36.3 Å². The Kier molecular flexibility index (Phi) is 10.7. The van der Waals surface area contributed by atoms with Crippen molar-refractivity contribution in [2.45, 2.75) is 57.3 Å². The minimum absolute atomic E-state index is 0.00815. The molecule has 0 spiro atoms. The number of amides is 3. The van der Waals surface area contributed by atoms with Crippen molar-refractivity contribution in [2.75, 3.05) is 5.75 Å². The Balaban J connectivity index is 2.15. The molecule has 0 aliphatic heterocycles. The van der Waals surface area contributed by atoms with E-state index in [2.05, 4.69) is 48.5 Å². The SMILES string of the molecule is CC(C)CC(NC(=O)C(Cc1cnc[nH]1)NC(=O)C(N)Cc1cnc[nH]1)C(=O)NC(CS)C(=O)O. The van der Waals surface area contributed by atoms with Gasteiger partial charge in [-0.05, 0) is 12.3 Å². The number of nitrogens with two attached hydrogens (primary N) is 1. The van der Waals surface area contributed by atoms with E-state index < -0.39 is 47.9 Å². The fourth-order valence-electron chi connectivity index (χ4n) is 3.26. The van der Waals surface area contributed by atoms with Crippen LogP contribution in [0.15, 0.2) is 25.0 Å². The van der Waals surface area contributed by atoms with E-state index in [1.807, 2.05) is 13.8 Å². The number of aromatic nitrogens is 4. The zero-order valence-corrected chi connectivity index (χ0v) is 20.4. The van der Waals surface area contributed by atoms with Gasteiger partial charge in [0, 0.05) is 42.4 Å². The Bertz CT molecular complexity index is 967. The van der Waals surface area contributed by atoms with Crippen molar-refractivity contribution in [2.24, 2.45) is 11.7 Å². The van der Waals surface area contributed by atoms with E-state index in [4.69, 9.17) is 5.73 Å². The second kappa shape index (κ2) is 13.5. The third kappa shape index (κ3) is 9.05. The van der Waals surface area contributed by atoms with E-state index in [9.17, 15) is 24.3 Å². The molecule has 0 bridgehead atoms. The molecule has 2 rings (SSSR count). The van der Waals surface area contributed by atoms with Crippen LogP contribution in [0.4, 0.5) is 0 Å². The van der Waals surface area contributed by atoms with Crippen molar-refractivity contribution in [3.8, 4) is 0 Å². The third-order valence-electron chi connectivity index (χ3n) is 5.08. The Labute approximate surface area is 207 Å². The van der Waals surface area contributed by atoms with Gasteiger partial charge in [0.2, 0.25) is 17.7 Å². The van der Waals surface area contributed by atoms with E-state index in [-0.39, 0.29) is 30.9 Å². The monoisotopic (exact) mass is 508 g/mol. The molecular formula is C21H32N8O5S. The number of aromatic amines is 2. The maximum Gasteiger partial charge on any atom is 0.327 e. The molecule has 35 heavy (non-hydrogen) atoms. The molecule has 13 nitrogen and oxygen atoms in total. The average molecular weight is 509 g/mol. The minimum atomic E-state index is -1.24. The summed E-state index contributed by atoms with van der Waals surface area (Å²) in [6.45, 7) is 3.72. The standard InChI is InChI=1S/C21H32N8O5S/c1-11(2)3-15(19(31)29-17(8-35)21(33)34)28-20(32)16(5-13-7-24-10-26-13)27-18(30)14(22)4-12-6-23-9-25-12/h6-7,9-11,14-17,35H,3-5,8,22H2,1-2H3,(H,23,25)(H,24,26)(H,27,30)(H,28,32)(H,29,31)(H,33,34). The summed E-state index contributed by atoms with van der Waals surface area (Å²) >= 11 is 3.95. The summed E-state index contributed by atoms with van der Waals surface area (Å²) in [5.74, 6) is -3.19. The Morgan fingerprint density at radius 2 is 1.43 bits per heavy atom. The molecule has 14 heteroatoms. The number of carbonyl (C=O) groups excluding carboxylic acids is 3. The number of imidazole rings is 2. The molecular weight excluding hydrogens is 476 g/mol. The van der Waals surface area contributed by atoms with Crippen molar-refractivity contribution in [3.05, 3.63) is 36.4 Å². The average Bonchev–Trinajstić information content (AvgIpc) is 3.50. The van der Waals surface area contributed by atoms with Crippen LogP contribution in [0.5, 0.6) is 0 Å². The summed E-state index contributed by atoms with van der Waals surface area (Å²) < 4.78 is 0. The summed E-state index contributed by atoms with van der Waals surface area (Å²) in [6, 6.07) is -4.25.